The van der Waals surface area contributed by atoms with Gasteiger partial charge in [0.15, 0.2) is 11.6 Å². The summed E-state index contributed by atoms with van der Waals surface area (Å²) in [5, 5.41) is 4.20. The molecule has 2 aliphatic heterocycles. The molecule has 8 nitrogen and oxygen atoms in total. The third-order valence-electron chi connectivity index (χ3n) is 4.60. The SMILES string of the molecule is Nc1c(N2CCN(C3CCOC3)CC2)ncnc1-n1cccn1. The van der Waals surface area contributed by atoms with Crippen LogP contribution in [0.15, 0.2) is 24.8 Å². The van der Waals surface area contributed by atoms with Gasteiger partial charge in [-0.25, -0.2) is 14.6 Å². The van der Waals surface area contributed by atoms with Crippen LogP contribution in [0.2, 0.25) is 0 Å². The zero-order valence-electron chi connectivity index (χ0n) is 13.0. The lowest BCUT2D eigenvalue weighted by atomic mass is 10.2. The fourth-order valence-electron chi connectivity index (χ4n) is 3.31. The van der Waals surface area contributed by atoms with Gasteiger partial charge in [0.05, 0.1) is 6.61 Å². The van der Waals surface area contributed by atoms with Gasteiger partial charge in [0.2, 0.25) is 0 Å². The van der Waals surface area contributed by atoms with Crippen molar-refractivity contribution in [3.8, 4) is 5.82 Å². The molecule has 1 atom stereocenters. The molecule has 4 rings (SSSR count). The van der Waals surface area contributed by atoms with Crippen LogP contribution in [0.3, 0.4) is 0 Å². The monoisotopic (exact) mass is 315 g/mol. The average molecular weight is 315 g/mol. The Morgan fingerprint density at radius 1 is 1.13 bits per heavy atom. The van der Waals surface area contributed by atoms with Crippen LogP contribution in [0.25, 0.3) is 5.82 Å². The quantitative estimate of drug-likeness (QED) is 0.863. The highest BCUT2D eigenvalue weighted by Gasteiger charge is 2.28. The molecule has 2 aromatic heterocycles. The van der Waals surface area contributed by atoms with Crippen LogP contribution in [-0.4, -0.2) is 70.1 Å². The Morgan fingerprint density at radius 3 is 2.65 bits per heavy atom. The summed E-state index contributed by atoms with van der Waals surface area (Å²) in [7, 11) is 0. The topological polar surface area (TPSA) is 85.3 Å². The number of piperazine rings is 1. The van der Waals surface area contributed by atoms with Gasteiger partial charge >= 0.3 is 0 Å². The van der Waals surface area contributed by atoms with E-state index in [1.54, 1.807) is 17.2 Å². The van der Waals surface area contributed by atoms with E-state index in [9.17, 15) is 0 Å². The summed E-state index contributed by atoms with van der Waals surface area (Å²) in [5.74, 6) is 1.43. The van der Waals surface area contributed by atoms with Crippen LogP contribution in [0.5, 0.6) is 0 Å². The number of aromatic nitrogens is 4. The smallest absolute Gasteiger partial charge is 0.181 e. The number of nitrogen functional groups attached to an aromatic ring is 1. The lowest BCUT2D eigenvalue weighted by molar-refractivity contribution is 0.139. The van der Waals surface area contributed by atoms with E-state index in [2.05, 4.69) is 24.9 Å². The zero-order valence-corrected chi connectivity index (χ0v) is 13.0. The maximum Gasteiger partial charge on any atom is 0.181 e. The second-order valence-corrected chi connectivity index (χ2v) is 5.93. The molecule has 23 heavy (non-hydrogen) atoms. The van der Waals surface area contributed by atoms with Crippen LogP contribution in [-0.2, 0) is 4.74 Å². The van der Waals surface area contributed by atoms with Crippen LogP contribution in [0.4, 0.5) is 11.5 Å². The van der Waals surface area contributed by atoms with Crippen molar-refractivity contribution >= 4 is 11.5 Å². The molecule has 0 aliphatic carbocycles. The molecule has 0 amide bonds. The molecular formula is C15H21N7O. The van der Waals surface area contributed by atoms with Crippen molar-refractivity contribution in [2.75, 3.05) is 50.0 Å². The Kier molecular flexibility index (Phi) is 3.84. The van der Waals surface area contributed by atoms with Crippen LogP contribution < -0.4 is 10.6 Å². The van der Waals surface area contributed by atoms with Gasteiger partial charge in [-0.2, -0.15) is 5.10 Å². The van der Waals surface area contributed by atoms with E-state index in [1.165, 1.54) is 0 Å². The molecule has 0 saturated carbocycles. The Bertz CT molecular complexity index is 646. The first-order valence-corrected chi connectivity index (χ1v) is 8.00. The van der Waals surface area contributed by atoms with E-state index in [0.29, 0.717) is 17.5 Å². The van der Waals surface area contributed by atoms with Crippen molar-refractivity contribution < 1.29 is 4.74 Å². The van der Waals surface area contributed by atoms with E-state index >= 15 is 0 Å². The van der Waals surface area contributed by atoms with Gasteiger partial charge < -0.3 is 15.4 Å². The molecule has 0 aromatic carbocycles. The highest BCUT2D eigenvalue weighted by atomic mass is 16.5. The molecule has 8 heteroatoms. The van der Waals surface area contributed by atoms with E-state index < -0.39 is 0 Å². The van der Waals surface area contributed by atoms with Crippen LogP contribution in [0.1, 0.15) is 6.42 Å². The van der Waals surface area contributed by atoms with Gasteiger partial charge in [0.25, 0.3) is 0 Å². The molecule has 2 aliphatic rings. The summed E-state index contributed by atoms with van der Waals surface area (Å²) in [6, 6.07) is 2.42. The molecule has 0 radical (unpaired) electrons. The molecule has 0 bridgehead atoms. The number of ether oxygens (including phenoxy) is 1. The summed E-state index contributed by atoms with van der Waals surface area (Å²) in [5.41, 5.74) is 6.88. The normalized spacial score (nSPS) is 22.6. The Hall–Kier alpha value is -2.19. The summed E-state index contributed by atoms with van der Waals surface area (Å²) in [6.45, 7) is 5.59. The van der Waals surface area contributed by atoms with Crippen molar-refractivity contribution in [3.63, 3.8) is 0 Å². The molecular weight excluding hydrogens is 294 g/mol. The molecule has 4 heterocycles. The first-order valence-electron chi connectivity index (χ1n) is 8.00. The first-order chi connectivity index (χ1) is 11.3. The Balaban J connectivity index is 1.50. The molecule has 0 spiro atoms. The van der Waals surface area contributed by atoms with Crippen molar-refractivity contribution in [2.45, 2.75) is 12.5 Å². The van der Waals surface area contributed by atoms with E-state index in [1.807, 2.05) is 12.3 Å². The van der Waals surface area contributed by atoms with Crippen LogP contribution >= 0.6 is 0 Å². The van der Waals surface area contributed by atoms with Crippen molar-refractivity contribution in [1.29, 1.82) is 0 Å². The molecule has 2 aromatic rings. The number of hydrogen-bond acceptors (Lipinski definition) is 7. The van der Waals surface area contributed by atoms with Crippen LogP contribution in [0, 0.1) is 0 Å². The summed E-state index contributed by atoms with van der Waals surface area (Å²) >= 11 is 0. The fraction of sp³-hybridized carbons (Fsp3) is 0.533. The maximum absolute atomic E-state index is 6.30. The largest absolute Gasteiger partial charge is 0.393 e. The number of rotatable bonds is 3. The van der Waals surface area contributed by atoms with Gasteiger partial charge in [-0.15, -0.1) is 0 Å². The minimum Gasteiger partial charge on any atom is -0.393 e. The number of anilines is 2. The lowest BCUT2D eigenvalue weighted by Gasteiger charge is -2.38. The Labute approximate surface area is 134 Å². The van der Waals surface area contributed by atoms with Gasteiger partial charge in [-0.1, -0.05) is 0 Å². The zero-order chi connectivity index (χ0) is 15.6. The predicted molar refractivity (Wildman–Crippen MR) is 86.6 cm³/mol. The fourth-order valence-corrected chi connectivity index (χ4v) is 3.31. The minimum absolute atomic E-state index is 0.569. The molecule has 2 N–H and O–H groups in total. The highest BCUT2D eigenvalue weighted by molar-refractivity contribution is 5.70. The number of nitrogens with zero attached hydrogens (tertiary/aromatic N) is 6. The maximum atomic E-state index is 6.30. The number of hydrogen-bond donors (Lipinski definition) is 1. The highest BCUT2D eigenvalue weighted by Crippen LogP contribution is 2.26. The summed E-state index contributed by atoms with van der Waals surface area (Å²) in [6.07, 6.45) is 6.24. The molecule has 2 saturated heterocycles. The molecule has 2 fully saturated rings. The van der Waals surface area contributed by atoms with Gasteiger partial charge in [0.1, 0.15) is 12.0 Å². The van der Waals surface area contributed by atoms with Gasteiger partial charge in [-0.3, -0.25) is 4.90 Å². The van der Waals surface area contributed by atoms with E-state index in [0.717, 1.165) is 51.6 Å². The second kappa shape index (κ2) is 6.13. The van der Waals surface area contributed by atoms with E-state index in [4.69, 9.17) is 10.5 Å². The standard InChI is InChI=1S/C15H21N7O/c16-13-14(17-11-18-15(13)22-4-1-3-19-22)21-7-5-20(6-8-21)12-2-9-23-10-12/h1,3-4,11-12H,2,5-10,16H2. The first kappa shape index (κ1) is 14.4. The summed E-state index contributed by atoms with van der Waals surface area (Å²) < 4.78 is 7.17. The number of nitrogens with two attached hydrogens (primary N) is 1. The van der Waals surface area contributed by atoms with E-state index in [-0.39, 0.29) is 0 Å². The predicted octanol–water partition coefficient (Wildman–Crippen LogP) is 0.155. The van der Waals surface area contributed by atoms with Crippen molar-refractivity contribution in [3.05, 3.63) is 24.8 Å². The van der Waals surface area contributed by atoms with Gasteiger partial charge in [-0.05, 0) is 12.5 Å². The summed E-state index contributed by atoms with van der Waals surface area (Å²) in [4.78, 5) is 13.4. The molecule has 122 valence electrons. The third kappa shape index (κ3) is 2.75. The average Bonchev–Trinajstić information content (AvgIpc) is 3.29. The second-order valence-electron chi connectivity index (χ2n) is 5.93. The van der Waals surface area contributed by atoms with Crippen molar-refractivity contribution in [2.24, 2.45) is 0 Å². The molecule has 1 unspecified atom stereocenters. The lowest BCUT2D eigenvalue weighted by Crippen LogP contribution is -2.51. The third-order valence-corrected chi connectivity index (χ3v) is 4.60. The van der Waals surface area contributed by atoms with Crippen molar-refractivity contribution in [1.82, 2.24) is 24.6 Å². The Morgan fingerprint density at radius 2 is 1.96 bits per heavy atom. The minimum atomic E-state index is 0.569. The van der Waals surface area contributed by atoms with Gasteiger partial charge in [0, 0.05) is 51.2 Å².